The van der Waals surface area contributed by atoms with E-state index in [0.717, 1.165) is 14.0 Å². The number of aliphatic imine (C=N–C) groups is 1. The van der Waals surface area contributed by atoms with Crippen LogP contribution in [0.5, 0.6) is 0 Å². The average Bonchev–Trinajstić information content (AvgIpc) is 2.60. The molecule has 0 aromatic heterocycles. The first-order valence-corrected chi connectivity index (χ1v) is 8.62. The number of carbonyl (C=O) groups is 3. The monoisotopic (exact) mass is 447 g/mol. The Hall–Kier alpha value is -2.55. The molecule has 1 saturated heterocycles. The SMILES string of the molecule is O=C1NC(=O)N(c2ccc(I)cc2)C(=O)[C@@H]1C=NCc1ccccc1. The number of hydrogen-bond acceptors (Lipinski definition) is 4. The van der Waals surface area contributed by atoms with Crippen LogP contribution >= 0.6 is 22.6 Å². The van der Waals surface area contributed by atoms with Gasteiger partial charge in [-0.3, -0.25) is 19.9 Å². The van der Waals surface area contributed by atoms with Crippen molar-refractivity contribution in [2.24, 2.45) is 10.9 Å². The summed E-state index contributed by atoms with van der Waals surface area (Å²) in [6, 6.07) is 15.6. The van der Waals surface area contributed by atoms with Crippen LogP contribution in [0.25, 0.3) is 0 Å². The molecule has 0 unspecified atom stereocenters. The Balaban J connectivity index is 1.79. The number of imide groups is 2. The summed E-state index contributed by atoms with van der Waals surface area (Å²) in [5.74, 6) is -2.39. The Morgan fingerprint density at radius 2 is 1.72 bits per heavy atom. The summed E-state index contributed by atoms with van der Waals surface area (Å²) in [5, 5.41) is 2.21. The van der Waals surface area contributed by atoms with Gasteiger partial charge in [-0.2, -0.15) is 0 Å². The zero-order valence-corrected chi connectivity index (χ0v) is 15.2. The second-order valence-electron chi connectivity index (χ2n) is 5.40. The fourth-order valence-corrected chi connectivity index (χ4v) is 2.76. The second kappa shape index (κ2) is 7.56. The van der Waals surface area contributed by atoms with Crippen molar-refractivity contribution < 1.29 is 14.4 Å². The summed E-state index contributed by atoms with van der Waals surface area (Å²) in [4.78, 5) is 41.9. The van der Waals surface area contributed by atoms with Crippen LogP contribution in [-0.2, 0) is 16.1 Å². The van der Waals surface area contributed by atoms with E-state index in [0.29, 0.717) is 12.2 Å². The molecule has 1 aliphatic heterocycles. The zero-order chi connectivity index (χ0) is 17.8. The van der Waals surface area contributed by atoms with Crippen LogP contribution in [0.3, 0.4) is 0 Å². The Kier molecular flexibility index (Phi) is 5.22. The van der Waals surface area contributed by atoms with Crippen LogP contribution in [0, 0.1) is 9.49 Å². The summed E-state index contributed by atoms with van der Waals surface area (Å²) in [6.07, 6.45) is 1.30. The van der Waals surface area contributed by atoms with Crippen molar-refractivity contribution in [1.82, 2.24) is 5.32 Å². The Labute approximate surface area is 158 Å². The number of urea groups is 1. The molecule has 0 spiro atoms. The maximum Gasteiger partial charge on any atom is 0.335 e. The first kappa shape index (κ1) is 17.3. The van der Waals surface area contributed by atoms with Gasteiger partial charge in [-0.1, -0.05) is 30.3 Å². The molecule has 0 saturated carbocycles. The predicted molar refractivity (Wildman–Crippen MR) is 102 cm³/mol. The molecule has 3 rings (SSSR count). The molecule has 1 fully saturated rings. The largest absolute Gasteiger partial charge is 0.335 e. The summed E-state index contributed by atoms with van der Waals surface area (Å²) >= 11 is 2.13. The average molecular weight is 447 g/mol. The van der Waals surface area contributed by atoms with Gasteiger partial charge < -0.3 is 0 Å². The number of benzene rings is 2. The van der Waals surface area contributed by atoms with E-state index in [1.54, 1.807) is 24.3 Å². The normalized spacial score (nSPS) is 17.9. The van der Waals surface area contributed by atoms with Gasteiger partial charge in [-0.15, -0.1) is 0 Å². The number of carbonyl (C=O) groups excluding carboxylic acids is 3. The number of nitrogens with zero attached hydrogens (tertiary/aromatic N) is 2. The van der Waals surface area contributed by atoms with Crippen LogP contribution in [0.2, 0.25) is 0 Å². The molecule has 1 N–H and O–H groups in total. The highest BCUT2D eigenvalue weighted by molar-refractivity contribution is 14.1. The molecule has 1 aliphatic rings. The van der Waals surface area contributed by atoms with Crippen molar-refractivity contribution in [1.29, 1.82) is 0 Å². The lowest BCUT2D eigenvalue weighted by Gasteiger charge is -2.28. The standard InChI is InChI=1S/C18H14IN3O3/c19-13-6-8-14(9-7-13)22-17(24)15(16(23)21-18(22)25)11-20-10-12-4-2-1-3-5-12/h1-9,11,15H,10H2,(H,21,23,25)/t15-/m1/s1. The van der Waals surface area contributed by atoms with Crippen LogP contribution in [-0.4, -0.2) is 24.1 Å². The number of halogens is 1. The van der Waals surface area contributed by atoms with Gasteiger partial charge in [0.05, 0.1) is 12.2 Å². The maximum atomic E-state index is 12.6. The number of barbiturate groups is 1. The molecule has 7 heteroatoms. The molecule has 25 heavy (non-hydrogen) atoms. The quantitative estimate of drug-likeness (QED) is 0.445. The molecule has 126 valence electrons. The molecule has 2 aromatic carbocycles. The summed E-state index contributed by atoms with van der Waals surface area (Å²) in [7, 11) is 0. The summed E-state index contributed by atoms with van der Waals surface area (Å²) in [6.45, 7) is 0.357. The van der Waals surface area contributed by atoms with Gasteiger partial charge in [0, 0.05) is 9.78 Å². The highest BCUT2D eigenvalue weighted by atomic mass is 127. The van der Waals surface area contributed by atoms with Crippen molar-refractivity contribution in [3.05, 3.63) is 63.7 Å². The van der Waals surface area contributed by atoms with E-state index in [9.17, 15) is 14.4 Å². The fraction of sp³-hybridized carbons (Fsp3) is 0.111. The van der Waals surface area contributed by atoms with E-state index >= 15 is 0 Å². The lowest BCUT2D eigenvalue weighted by atomic mass is 10.1. The van der Waals surface area contributed by atoms with Crippen molar-refractivity contribution in [3.63, 3.8) is 0 Å². The van der Waals surface area contributed by atoms with E-state index < -0.39 is 23.8 Å². The molecule has 6 nitrogen and oxygen atoms in total. The number of rotatable bonds is 4. The summed E-state index contributed by atoms with van der Waals surface area (Å²) < 4.78 is 0.975. The van der Waals surface area contributed by atoms with Gasteiger partial charge in [0.1, 0.15) is 0 Å². The highest BCUT2D eigenvalue weighted by Crippen LogP contribution is 2.21. The van der Waals surface area contributed by atoms with E-state index in [1.807, 2.05) is 30.3 Å². The smallest absolute Gasteiger partial charge is 0.291 e. The lowest BCUT2D eigenvalue weighted by Crippen LogP contribution is -2.58. The molecule has 1 atom stereocenters. The van der Waals surface area contributed by atoms with Gasteiger partial charge in [-0.25, -0.2) is 9.69 Å². The first-order valence-electron chi connectivity index (χ1n) is 7.54. The van der Waals surface area contributed by atoms with Crippen LogP contribution < -0.4 is 10.2 Å². The van der Waals surface area contributed by atoms with E-state index in [-0.39, 0.29) is 0 Å². The van der Waals surface area contributed by atoms with Crippen molar-refractivity contribution in [2.75, 3.05) is 4.90 Å². The van der Waals surface area contributed by atoms with Crippen LogP contribution in [0.15, 0.2) is 59.6 Å². The molecule has 0 aliphatic carbocycles. The molecule has 1 heterocycles. The highest BCUT2D eigenvalue weighted by Gasteiger charge is 2.40. The molecular weight excluding hydrogens is 433 g/mol. The third-order valence-electron chi connectivity index (χ3n) is 3.66. The third-order valence-corrected chi connectivity index (χ3v) is 4.38. The van der Waals surface area contributed by atoms with Crippen molar-refractivity contribution in [2.45, 2.75) is 6.54 Å². The molecule has 0 bridgehead atoms. The van der Waals surface area contributed by atoms with Crippen molar-refractivity contribution in [3.8, 4) is 0 Å². The van der Waals surface area contributed by atoms with Crippen LogP contribution in [0.1, 0.15) is 5.56 Å². The van der Waals surface area contributed by atoms with E-state index in [4.69, 9.17) is 0 Å². The minimum absolute atomic E-state index is 0.357. The maximum absolute atomic E-state index is 12.6. The molecule has 2 aromatic rings. The fourth-order valence-electron chi connectivity index (χ4n) is 2.40. The topological polar surface area (TPSA) is 78.8 Å². The Bertz CT molecular complexity index is 834. The summed E-state index contributed by atoms with van der Waals surface area (Å²) in [5.41, 5.74) is 1.38. The van der Waals surface area contributed by atoms with Gasteiger partial charge in [-0.05, 0) is 52.4 Å². The Morgan fingerprint density at radius 1 is 1.04 bits per heavy atom. The molecule has 0 radical (unpaired) electrons. The molecular formula is C18H14IN3O3. The third kappa shape index (κ3) is 3.93. The van der Waals surface area contributed by atoms with Gasteiger partial charge >= 0.3 is 6.03 Å². The minimum Gasteiger partial charge on any atom is -0.291 e. The van der Waals surface area contributed by atoms with Gasteiger partial charge in [0.2, 0.25) is 5.91 Å². The van der Waals surface area contributed by atoms with E-state index in [1.165, 1.54) is 6.21 Å². The first-order chi connectivity index (χ1) is 12.1. The molecule has 4 amide bonds. The number of nitrogens with one attached hydrogen (secondary N) is 1. The number of anilines is 1. The number of hydrogen-bond donors (Lipinski definition) is 1. The lowest BCUT2D eigenvalue weighted by molar-refractivity contribution is -0.131. The predicted octanol–water partition coefficient (Wildman–Crippen LogP) is 2.76. The van der Waals surface area contributed by atoms with Crippen molar-refractivity contribution >= 4 is 52.3 Å². The van der Waals surface area contributed by atoms with Gasteiger partial charge in [0.25, 0.3) is 5.91 Å². The minimum atomic E-state index is -1.12. The van der Waals surface area contributed by atoms with Crippen LogP contribution in [0.4, 0.5) is 10.5 Å². The Morgan fingerprint density at radius 3 is 2.40 bits per heavy atom. The second-order valence-corrected chi connectivity index (χ2v) is 6.64. The zero-order valence-electron chi connectivity index (χ0n) is 13.1. The van der Waals surface area contributed by atoms with Gasteiger partial charge in [0.15, 0.2) is 5.92 Å². The van der Waals surface area contributed by atoms with E-state index in [2.05, 4.69) is 32.9 Å². The number of amides is 4.